The van der Waals surface area contributed by atoms with Gasteiger partial charge in [-0.15, -0.1) is 0 Å². The molecule has 116 valence electrons. The lowest BCUT2D eigenvalue weighted by molar-refractivity contribution is 0.306. The van der Waals surface area contributed by atoms with Gasteiger partial charge in [0.1, 0.15) is 12.4 Å². The second kappa shape index (κ2) is 8.43. The highest BCUT2D eigenvalue weighted by Crippen LogP contribution is 2.18. The average Bonchev–Trinajstić information content (AvgIpc) is 2.55. The van der Waals surface area contributed by atoms with Gasteiger partial charge in [-0.3, -0.25) is 0 Å². The van der Waals surface area contributed by atoms with Crippen LogP contribution in [0.2, 0.25) is 0 Å². The predicted molar refractivity (Wildman–Crippen MR) is 94.1 cm³/mol. The van der Waals surface area contributed by atoms with E-state index in [-0.39, 0.29) is 0 Å². The third-order valence-electron chi connectivity index (χ3n) is 3.86. The molecule has 2 aromatic carbocycles. The molecular weight excluding hydrogens is 268 g/mol. The summed E-state index contributed by atoms with van der Waals surface area (Å²) >= 11 is 0. The van der Waals surface area contributed by atoms with Gasteiger partial charge < -0.3 is 4.74 Å². The maximum atomic E-state index is 5.82. The van der Waals surface area contributed by atoms with Crippen molar-refractivity contribution in [1.29, 1.82) is 0 Å². The lowest BCUT2D eigenvalue weighted by atomic mass is 9.98. The minimum atomic E-state index is 0.580. The molecule has 0 fully saturated rings. The van der Waals surface area contributed by atoms with Crippen LogP contribution in [-0.4, -0.2) is 0 Å². The van der Waals surface area contributed by atoms with Crippen LogP contribution in [0.3, 0.4) is 0 Å². The van der Waals surface area contributed by atoms with Crippen molar-refractivity contribution >= 4 is 0 Å². The molecular formula is C21H26O. The Morgan fingerprint density at radius 3 is 2.32 bits per heavy atom. The van der Waals surface area contributed by atoms with E-state index in [1.165, 1.54) is 16.7 Å². The molecule has 0 radical (unpaired) electrons. The normalized spacial score (nSPS) is 13.0. The maximum Gasteiger partial charge on any atom is 0.119 e. The summed E-state index contributed by atoms with van der Waals surface area (Å²) in [6, 6.07) is 18.7. The molecule has 1 heteroatoms. The fourth-order valence-electron chi connectivity index (χ4n) is 2.50. The van der Waals surface area contributed by atoms with Crippen molar-refractivity contribution in [2.45, 2.75) is 40.2 Å². The van der Waals surface area contributed by atoms with Gasteiger partial charge in [-0.2, -0.15) is 0 Å². The van der Waals surface area contributed by atoms with E-state index in [1.807, 2.05) is 18.2 Å². The van der Waals surface area contributed by atoms with Crippen LogP contribution < -0.4 is 4.74 Å². The largest absolute Gasteiger partial charge is 0.489 e. The molecule has 0 N–H and O–H groups in total. The zero-order valence-electron chi connectivity index (χ0n) is 13.9. The van der Waals surface area contributed by atoms with Gasteiger partial charge in [-0.25, -0.2) is 0 Å². The van der Waals surface area contributed by atoms with Crippen LogP contribution >= 0.6 is 0 Å². The molecule has 2 rings (SSSR count). The molecule has 0 aromatic heterocycles. The van der Waals surface area contributed by atoms with Crippen molar-refractivity contribution in [2.75, 3.05) is 0 Å². The van der Waals surface area contributed by atoms with Crippen molar-refractivity contribution in [3.05, 3.63) is 77.4 Å². The molecule has 1 nitrogen and oxygen atoms in total. The number of benzene rings is 2. The van der Waals surface area contributed by atoms with E-state index in [4.69, 9.17) is 4.74 Å². The summed E-state index contributed by atoms with van der Waals surface area (Å²) < 4.78 is 5.82. The molecule has 22 heavy (non-hydrogen) atoms. The predicted octanol–water partition coefficient (Wildman–Crippen LogP) is 5.80. The van der Waals surface area contributed by atoms with Gasteiger partial charge in [-0.05, 0) is 48.9 Å². The first-order valence-electron chi connectivity index (χ1n) is 8.10. The molecule has 0 bridgehead atoms. The number of hydrogen-bond acceptors (Lipinski definition) is 1. The van der Waals surface area contributed by atoms with E-state index < -0.39 is 0 Å². The maximum absolute atomic E-state index is 5.82. The van der Waals surface area contributed by atoms with E-state index in [1.54, 1.807) is 0 Å². The van der Waals surface area contributed by atoms with Crippen LogP contribution in [0.5, 0.6) is 5.75 Å². The van der Waals surface area contributed by atoms with Crippen LogP contribution in [0.25, 0.3) is 0 Å². The van der Waals surface area contributed by atoms with E-state index in [0.717, 1.165) is 18.6 Å². The zero-order valence-corrected chi connectivity index (χ0v) is 13.9. The van der Waals surface area contributed by atoms with E-state index in [2.05, 4.69) is 63.2 Å². The molecule has 1 atom stereocenters. The molecule has 0 saturated heterocycles. The Bertz CT molecular complexity index is 581. The standard InChI is InChI=1S/C21H26O/c1-4-17(2)14-18(3)15-19-10-12-21(13-11-19)22-16-20-8-6-5-7-9-20/h5-14,18H,4,15-16H2,1-3H3/b17-14-/t18-/m1/s1. The van der Waals surface area contributed by atoms with Crippen LogP contribution in [0, 0.1) is 5.92 Å². The molecule has 0 spiro atoms. The lowest BCUT2D eigenvalue weighted by Gasteiger charge is -2.10. The van der Waals surface area contributed by atoms with Gasteiger partial charge in [0.2, 0.25) is 0 Å². The van der Waals surface area contributed by atoms with Crippen LogP contribution in [-0.2, 0) is 13.0 Å². The van der Waals surface area contributed by atoms with Crippen molar-refractivity contribution < 1.29 is 4.74 Å². The number of allylic oxidation sites excluding steroid dienone is 2. The smallest absolute Gasteiger partial charge is 0.119 e. The SMILES string of the molecule is CC/C(C)=C\[C@@H](C)Cc1ccc(OCc2ccccc2)cc1. The topological polar surface area (TPSA) is 9.23 Å². The summed E-state index contributed by atoms with van der Waals surface area (Å²) in [7, 11) is 0. The Hall–Kier alpha value is -2.02. The number of ether oxygens (including phenoxy) is 1. The second-order valence-corrected chi connectivity index (χ2v) is 5.97. The third-order valence-corrected chi connectivity index (χ3v) is 3.86. The zero-order chi connectivity index (χ0) is 15.8. The highest BCUT2D eigenvalue weighted by molar-refractivity contribution is 5.28. The van der Waals surface area contributed by atoms with Gasteiger partial charge in [0.15, 0.2) is 0 Å². The summed E-state index contributed by atoms with van der Waals surface area (Å²) in [4.78, 5) is 0. The summed E-state index contributed by atoms with van der Waals surface area (Å²) in [6.07, 6.45) is 4.59. The second-order valence-electron chi connectivity index (χ2n) is 5.97. The first kappa shape index (κ1) is 16.4. The van der Waals surface area contributed by atoms with Gasteiger partial charge in [0.05, 0.1) is 0 Å². The van der Waals surface area contributed by atoms with Crippen LogP contribution in [0.15, 0.2) is 66.2 Å². The summed E-state index contributed by atoms with van der Waals surface area (Å²) in [5.41, 5.74) is 4.02. The van der Waals surface area contributed by atoms with E-state index in [9.17, 15) is 0 Å². The fourth-order valence-corrected chi connectivity index (χ4v) is 2.50. The molecule has 0 aliphatic heterocycles. The molecule has 0 saturated carbocycles. The summed E-state index contributed by atoms with van der Waals surface area (Å²) in [6.45, 7) is 7.31. The third kappa shape index (κ3) is 5.40. The Morgan fingerprint density at radius 1 is 1.00 bits per heavy atom. The van der Waals surface area contributed by atoms with Crippen molar-refractivity contribution in [2.24, 2.45) is 5.92 Å². The molecule has 0 aliphatic rings. The number of hydrogen-bond donors (Lipinski definition) is 0. The molecule has 0 unspecified atom stereocenters. The van der Waals surface area contributed by atoms with Crippen LogP contribution in [0.4, 0.5) is 0 Å². The highest BCUT2D eigenvalue weighted by Gasteiger charge is 2.02. The molecule has 2 aromatic rings. The van der Waals surface area contributed by atoms with Gasteiger partial charge in [-0.1, -0.05) is 68.0 Å². The van der Waals surface area contributed by atoms with Crippen LogP contribution in [0.1, 0.15) is 38.3 Å². The van der Waals surface area contributed by atoms with Gasteiger partial charge >= 0.3 is 0 Å². The Balaban J connectivity index is 1.87. The van der Waals surface area contributed by atoms with Gasteiger partial charge in [0.25, 0.3) is 0 Å². The monoisotopic (exact) mass is 294 g/mol. The first-order chi connectivity index (χ1) is 10.7. The van der Waals surface area contributed by atoms with Crippen molar-refractivity contribution in [1.82, 2.24) is 0 Å². The van der Waals surface area contributed by atoms with Gasteiger partial charge in [0, 0.05) is 0 Å². The highest BCUT2D eigenvalue weighted by atomic mass is 16.5. The minimum absolute atomic E-state index is 0.580. The van der Waals surface area contributed by atoms with Crippen molar-refractivity contribution in [3.8, 4) is 5.75 Å². The average molecular weight is 294 g/mol. The summed E-state index contributed by atoms with van der Waals surface area (Å²) in [5.74, 6) is 1.51. The minimum Gasteiger partial charge on any atom is -0.489 e. The lowest BCUT2D eigenvalue weighted by Crippen LogP contribution is -1.98. The number of rotatable bonds is 7. The molecule has 0 aliphatic carbocycles. The Labute approximate surface area is 134 Å². The Kier molecular flexibility index (Phi) is 6.27. The summed E-state index contributed by atoms with van der Waals surface area (Å²) in [5, 5.41) is 0. The Morgan fingerprint density at radius 2 is 1.68 bits per heavy atom. The quantitative estimate of drug-likeness (QED) is 0.586. The molecule has 0 heterocycles. The van der Waals surface area contributed by atoms with E-state index >= 15 is 0 Å². The van der Waals surface area contributed by atoms with Crippen molar-refractivity contribution in [3.63, 3.8) is 0 Å². The van der Waals surface area contributed by atoms with E-state index in [0.29, 0.717) is 12.5 Å². The first-order valence-corrected chi connectivity index (χ1v) is 8.10. The fraction of sp³-hybridized carbons (Fsp3) is 0.333. The molecule has 0 amide bonds.